The molecule has 4 rings (SSSR count). The summed E-state index contributed by atoms with van der Waals surface area (Å²) in [5.41, 5.74) is 1.09. The van der Waals surface area contributed by atoms with Crippen LogP contribution in [0.5, 0.6) is 0 Å². The molecule has 8 heteroatoms. The summed E-state index contributed by atoms with van der Waals surface area (Å²) in [4.78, 5) is 16.9. The van der Waals surface area contributed by atoms with E-state index in [1.165, 1.54) is 31.5 Å². The molecule has 2 aromatic rings. The fourth-order valence-corrected chi connectivity index (χ4v) is 4.91. The standard InChI is InChI=1S/C23H26ClN3O3S/c24-21-3-1-2-4-22(21)25-31(29,30)20-10-7-18(8-11-20)9-12-23(28)27-15-13-26(14-16-27)17-19-5-6-19/h1-4,7-12,19,25H,5-6,13-17H2/b12-9+. The van der Waals surface area contributed by atoms with Crippen molar-refractivity contribution in [2.24, 2.45) is 5.92 Å². The van der Waals surface area contributed by atoms with E-state index in [9.17, 15) is 13.2 Å². The van der Waals surface area contributed by atoms with E-state index in [0.29, 0.717) is 10.7 Å². The summed E-state index contributed by atoms with van der Waals surface area (Å²) < 4.78 is 27.7. The Morgan fingerprint density at radius 1 is 1.03 bits per heavy atom. The van der Waals surface area contributed by atoms with Crippen molar-refractivity contribution in [3.05, 3.63) is 65.2 Å². The fourth-order valence-electron chi connectivity index (χ4n) is 3.60. The number of nitrogens with zero attached hydrogens (tertiary/aromatic N) is 2. The molecular formula is C23H26ClN3O3S. The van der Waals surface area contributed by atoms with Crippen molar-refractivity contribution < 1.29 is 13.2 Å². The number of hydrogen-bond donors (Lipinski definition) is 1. The van der Waals surface area contributed by atoms with E-state index in [-0.39, 0.29) is 10.8 Å². The molecule has 0 bridgehead atoms. The van der Waals surface area contributed by atoms with Crippen LogP contribution < -0.4 is 4.72 Å². The van der Waals surface area contributed by atoms with Crippen LogP contribution in [0.3, 0.4) is 0 Å². The molecule has 6 nitrogen and oxygen atoms in total. The number of para-hydroxylation sites is 1. The van der Waals surface area contributed by atoms with Crippen LogP contribution >= 0.6 is 11.6 Å². The van der Waals surface area contributed by atoms with E-state index in [1.807, 2.05) is 4.90 Å². The number of rotatable bonds is 7. The highest BCUT2D eigenvalue weighted by atomic mass is 35.5. The minimum atomic E-state index is -3.75. The molecule has 0 aromatic heterocycles. The van der Waals surface area contributed by atoms with Crippen molar-refractivity contribution in [3.63, 3.8) is 0 Å². The van der Waals surface area contributed by atoms with Crippen molar-refractivity contribution >= 4 is 39.3 Å². The molecule has 1 N–H and O–H groups in total. The second-order valence-electron chi connectivity index (χ2n) is 8.06. The third-order valence-electron chi connectivity index (χ3n) is 5.62. The van der Waals surface area contributed by atoms with Crippen molar-refractivity contribution in [3.8, 4) is 0 Å². The van der Waals surface area contributed by atoms with Gasteiger partial charge < -0.3 is 4.90 Å². The molecule has 1 amide bonds. The highest BCUT2D eigenvalue weighted by Crippen LogP contribution is 2.30. The van der Waals surface area contributed by atoms with E-state index >= 15 is 0 Å². The third kappa shape index (κ3) is 5.87. The normalized spacial score (nSPS) is 17.8. The van der Waals surface area contributed by atoms with Gasteiger partial charge in [0.2, 0.25) is 5.91 Å². The Balaban J connectivity index is 1.33. The number of anilines is 1. The van der Waals surface area contributed by atoms with Gasteiger partial charge in [-0.2, -0.15) is 0 Å². The lowest BCUT2D eigenvalue weighted by Gasteiger charge is -2.34. The monoisotopic (exact) mass is 459 g/mol. The second kappa shape index (κ2) is 9.42. The lowest BCUT2D eigenvalue weighted by molar-refractivity contribution is -0.127. The molecule has 1 aliphatic heterocycles. The summed E-state index contributed by atoms with van der Waals surface area (Å²) in [5.74, 6) is 0.858. The van der Waals surface area contributed by atoms with Gasteiger partial charge in [-0.25, -0.2) is 8.42 Å². The largest absolute Gasteiger partial charge is 0.337 e. The maximum absolute atomic E-state index is 12.6. The molecule has 2 aliphatic rings. The zero-order chi connectivity index (χ0) is 21.8. The van der Waals surface area contributed by atoms with Gasteiger partial charge in [0.05, 0.1) is 15.6 Å². The average Bonchev–Trinajstić information content (AvgIpc) is 3.58. The summed E-state index contributed by atoms with van der Waals surface area (Å²) >= 11 is 6.04. The van der Waals surface area contributed by atoms with Gasteiger partial charge >= 0.3 is 0 Å². The van der Waals surface area contributed by atoms with Crippen molar-refractivity contribution in [1.29, 1.82) is 0 Å². The molecule has 0 spiro atoms. The number of carbonyl (C=O) groups is 1. The van der Waals surface area contributed by atoms with Gasteiger partial charge in [-0.05, 0) is 54.7 Å². The summed E-state index contributed by atoms with van der Waals surface area (Å²) in [6.45, 7) is 4.53. The molecule has 0 unspecified atom stereocenters. The van der Waals surface area contributed by atoms with Crippen LogP contribution in [0.1, 0.15) is 18.4 Å². The van der Waals surface area contributed by atoms with E-state index in [1.54, 1.807) is 48.6 Å². The lowest BCUT2D eigenvalue weighted by Crippen LogP contribution is -2.48. The number of nitrogens with one attached hydrogen (secondary N) is 1. The fraction of sp³-hybridized carbons (Fsp3) is 0.348. The molecule has 1 saturated carbocycles. The van der Waals surface area contributed by atoms with Gasteiger partial charge in [-0.3, -0.25) is 14.4 Å². The first kappa shape index (κ1) is 21.9. The zero-order valence-corrected chi connectivity index (χ0v) is 18.8. The Kier molecular flexibility index (Phi) is 6.65. The predicted molar refractivity (Wildman–Crippen MR) is 123 cm³/mol. The topological polar surface area (TPSA) is 69.7 Å². The van der Waals surface area contributed by atoms with Gasteiger partial charge in [0.1, 0.15) is 0 Å². The minimum absolute atomic E-state index is 0.0110. The molecule has 2 fully saturated rings. The molecule has 0 atom stereocenters. The van der Waals surface area contributed by atoms with Gasteiger partial charge in [0, 0.05) is 38.8 Å². The Labute approximate surface area is 188 Å². The average molecular weight is 460 g/mol. The smallest absolute Gasteiger partial charge is 0.261 e. The first-order chi connectivity index (χ1) is 14.9. The van der Waals surface area contributed by atoms with Crippen LogP contribution in [0.2, 0.25) is 5.02 Å². The Hall–Kier alpha value is -2.35. The Morgan fingerprint density at radius 3 is 2.35 bits per heavy atom. The van der Waals surface area contributed by atoms with E-state index in [0.717, 1.165) is 37.7 Å². The molecule has 31 heavy (non-hydrogen) atoms. The van der Waals surface area contributed by atoms with Crippen LogP contribution in [0.25, 0.3) is 6.08 Å². The van der Waals surface area contributed by atoms with E-state index < -0.39 is 10.0 Å². The van der Waals surface area contributed by atoms with Gasteiger partial charge in [0.15, 0.2) is 0 Å². The van der Waals surface area contributed by atoms with Crippen molar-refractivity contribution in [2.75, 3.05) is 37.4 Å². The predicted octanol–water partition coefficient (Wildman–Crippen LogP) is 3.71. The van der Waals surface area contributed by atoms with Crippen LogP contribution in [0.4, 0.5) is 5.69 Å². The Bertz CT molecular complexity index is 1060. The number of halogens is 1. The zero-order valence-electron chi connectivity index (χ0n) is 17.2. The molecule has 1 aliphatic carbocycles. The van der Waals surface area contributed by atoms with Crippen molar-refractivity contribution in [1.82, 2.24) is 9.80 Å². The quantitative estimate of drug-likeness (QED) is 0.641. The molecule has 164 valence electrons. The highest BCUT2D eigenvalue weighted by Gasteiger charge is 2.27. The molecule has 1 saturated heterocycles. The molecular weight excluding hydrogens is 434 g/mol. The number of amides is 1. The molecule has 2 aromatic carbocycles. The van der Waals surface area contributed by atoms with Gasteiger partial charge in [0.25, 0.3) is 10.0 Å². The molecule has 0 radical (unpaired) electrons. The molecule has 1 heterocycles. The van der Waals surface area contributed by atoms with Crippen molar-refractivity contribution in [2.45, 2.75) is 17.7 Å². The van der Waals surface area contributed by atoms with E-state index in [2.05, 4.69) is 9.62 Å². The SMILES string of the molecule is O=C(/C=C/c1ccc(S(=O)(=O)Nc2ccccc2Cl)cc1)N1CCN(CC2CC2)CC1. The van der Waals surface area contributed by atoms with Crippen LogP contribution in [-0.2, 0) is 14.8 Å². The maximum atomic E-state index is 12.6. The number of sulfonamides is 1. The second-order valence-corrected chi connectivity index (χ2v) is 10.1. The highest BCUT2D eigenvalue weighted by molar-refractivity contribution is 7.92. The summed E-state index contributed by atoms with van der Waals surface area (Å²) in [5, 5.41) is 0.331. The van der Waals surface area contributed by atoms with Gasteiger partial charge in [-0.1, -0.05) is 35.9 Å². The van der Waals surface area contributed by atoms with E-state index in [4.69, 9.17) is 11.6 Å². The summed E-state index contributed by atoms with van der Waals surface area (Å²) in [7, 11) is -3.75. The third-order valence-corrected chi connectivity index (χ3v) is 7.34. The first-order valence-electron chi connectivity index (χ1n) is 10.5. The minimum Gasteiger partial charge on any atom is -0.337 e. The van der Waals surface area contributed by atoms with Crippen LogP contribution in [0, 0.1) is 5.92 Å². The summed E-state index contributed by atoms with van der Waals surface area (Å²) in [6.07, 6.45) is 5.97. The Morgan fingerprint density at radius 2 is 1.71 bits per heavy atom. The number of carbonyl (C=O) groups excluding carboxylic acids is 1. The summed E-state index contributed by atoms with van der Waals surface area (Å²) in [6, 6.07) is 13.1. The van der Waals surface area contributed by atoms with Gasteiger partial charge in [-0.15, -0.1) is 0 Å². The van der Waals surface area contributed by atoms with Crippen LogP contribution in [0.15, 0.2) is 59.5 Å². The number of benzene rings is 2. The maximum Gasteiger partial charge on any atom is 0.261 e. The first-order valence-corrected chi connectivity index (χ1v) is 12.3. The van der Waals surface area contributed by atoms with Crippen LogP contribution in [-0.4, -0.2) is 56.8 Å². The number of hydrogen-bond acceptors (Lipinski definition) is 4. The number of piperazine rings is 1. The lowest BCUT2D eigenvalue weighted by atomic mass is 10.2.